The number of oxime groups is 1. The predicted octanol–water partition coefficient (Wildman–Crippen LogP) is 3.41. The third-order valence-corrected chi connectivity index (χ3v) is 3.66. The first-order valence-corrected chi connectivity index (χ1v) is 6.74. The molecular weight excluding hydrogens is 250 g/mol. The Morgan fingerprint density at radius 3 is 2.65 bits per heavy atom. The van der Waals surface area contributed by atoms with Gasteiger partial charge in [-0.3, -0.25) is 0 Å². The highest BCUT2D eigenvalue weighted by Gasteiger charge is 2.22. The summed E-state index contributed by atoms with van der Waals surface area (Å²) in [5, 5.41) is 17.7. The Hall–Kier alpha value is -2.23. The zero-order chi connectivity index (χ0) is 14.6. The molecule has 0 unspecified atom stereocenters. The quantitative estimate of drug-likeness (QED) is 0.338. The first-order chi connectivity index (χ1) is 9.54. The van der Waals surface area contributed by atoms with Gasteiger partial charge in [0.25, 0.3) is 0 Å². The van der Waals surface area contributed by atoms with Crippen LogP contribution in [0.4, 0.5) is 5.69 Å². The molecule has 4 nitrogen and oxygen atoms in total. The minimum absolute atomic E-state index is 0.261. The van der Waals surface area contributed by atoms with Crippen molar-refractivity contribution in [2.24, 2.45) is 16.3 Å². The molecule has 4 N–H and O–H groups in total. The molecule has 0 fully saturated rings. The number of rotatable bonds is 5. The minimum atomic E-state index is -0.327. The Balaban J connectivity index is 2.07. The van der Waals surface area contributed by atoms with E-state index in [4.69, 9.17) is 10.9 Å². The molecule has 106 valence electrons. The summed E-state index contributed by atoms with van der Waals surface area (Å²) in [6, 6.07) is 14.5. The highest BCUT2D eigenvalue weighted by atomic mass is 16.4. The van der Waals surface area contributed by atoms with Crippen molar-refractivity contribution in [3.63, 3.8) is 0 Å². The second-order valence-corrected chi connectivity index (χ2v) is 5.57. The lowest BCUT2D eigenvalue weighted by molar-refractivity contribution is 0.306. The molecule has 0 radical (unpaired) electrons. The van der Waals surface area contributed by atoms with E-state index in [1.54, 1.807) is 0 Å². The highest BCUT2D eigenvalue weighted by Crippen LogP contribution is 2.25. The number of benzene rings is 2. The van der Waals surface area contributed by atoms with Crippen LogP contribution in [0.1, 0.15) is 20.3 Å². The predicted molar refractivity (Wildman–Crippen MR) is 84.2 cm³/mol. The van der Waals surface area contributed by atoms with E-state index in [1.807, 2.05) is 32.0 Å². The van der Waals surface area contributed by atoms with Gasteiger partial charge in [0.05, 0.1) is 0 Å². The number of nitrogens with one attached hydrogen (secondary N) is 1. The van der Waals surface area contributed by atoms with Crippen molar-refractivity contribution < 1.29 is 5.21 Å². The Morgan fingerprint density at radius 1 is 1.20 bits per heavy atom. The van der Waals surface area contributed by atoms with Crippen molar-refractivity contribution in [3.8, 4) is 0 Å². The first-order valence-electron chi connectivity index (χ1n) is 6.74. The number of amidine groups is 1. The van der Waals surface area contributed by atoms with Crippen LogP contribution in [0.15, 0.2) is 47.6 Å². The third-order valence-electron chi connectivity index (χ3n) is 3.66. The van der Waals surface area contributed by atoms with Crippen molar-refractivity contribution in [1.82, 2.24) is 0 Å². The van der Waals surface area contributed by atoms with Crippen molar-refractivity contribution in [3.05, 3.63) is 42.5 Å². The Kier molecular flexibility index (Phi) is 4.13. The summed E-state index contributed by atoms with van der Waals surface area (Å²) in [6.07, 6.45) is 0.784. The highest BCUT2D eigenvalue weighted by molar-refractivity contribution is 5.93. The van der Waals surface area contributed by atoms with Crippen LogP contribution in [0.2, 0.25) is 0 Å². The SMILES string of the molecule is CC(C)(CCNc1cccc2ccccc12)C(N)=NO. The molecule has 0 amide bonds. The number of nitrogens with zero attached hydrogens (tertiary/aromatic N) is 1. The summed E-state index contributed by atoms with van der Waals surface area (Å²) >= 11 is 0. The zero-order valence-electron chi connectivity index (χ0n) is 11.9. The average Bonchev–Trinajstić information content (AvgIpc) is 2.46. The fraction of sp³-hybridized carbons (Fsp3) is 0.312. The molecule has 2 aromatic rings. The Morgan fingerprint density at radius 2 is 1.90 bits per heavy atom. The van der Waals surface area contributed by atoms with Crippen molar-refractivity contribution in [1.29, 1.82) is 0 Å². The van der Waals surface area contributed by atoms with E-state index in [-0.39, 0.29) is 11.3 Å². The van der Waals surface area contributed by atoms with Crippen LogP contribution >= 0.6 is 0 Å². The van der Waals surface area contributed by atoms with Crippen LogP contribution in [0.3, 0.4) is 0 Å². The van der Waals surface area contributed by atoms with E-state index in [0.717, 1.165) is 18.7 Å². The minimum Gasteiger partial charge on any atom is -0.409 e. The molecule has 0 aliphatic carbocycles. The second-order valence-electron chi connectivity index (χ2n) is 5.57. The largest absolute Gasteiger partial charge is 0.409 e. The standard InChI is InChI=1S/C16H21N3O/c1-16(2,15(17)19-20)10-11-18-14-9-5-7-12-6-3-4-8-13(12)14/h3-9,18,20H,10-11H2,1-2H3,(H2,17,19). The van der Waals surface area contributed by atoms with Gasteiger partial charge in [0.15, 0.2) is 0 Å². The van der Waals surface area contributed by atoms with Gasteiger partial charge >= 0.3 is 0 Å². The molecule has 0 atom stereocenters. The number of hydrogen-bond donors (Lipinski definition) is 3. The molecule has 2 aromatic carbocycles. The van der Waals surface area contributed by atoms with Crippen LogP contribution in [0.25, 0.3) is 10.8 Å². The van der Waals surface area contributed by atoms with Crippen molar-refractivity contribution in [2.45, 2.75) is 20.3 Å². The maximum Gasteiger partial charge on any atom is 0.144 e. The van der Waals surface area contributed by atoms with Crippen molar-refractivity contribution in [2.75, 3.05) is 11.9 Å². The van der Waals surface area contributed by atoms with Gasteiger partial charge in [0.1, 0.15) is 5.84 Å². The molecule has 0 saturated carbocycles. The molecule has 0 heterocycles. The molecule has 0 bridgehead atoms. The van der Waals surface area contributed by atoms with Crippen LogP contribution in [0.5, 0.6) is 0 Å². The van der Waals surface area contributed by atoms with Gasteiger partial charge in [-0.15, -0.1) is 0 Å². The fourth-order valence-corrected chi connectivity index (χ4v) is 2.15. The van der Waals surface area contributed by atoms with Crippen LogP contribution in [-0.2, 0) is 0 Å². The summed E-state index contributed by atoms with van der Waals surface area (Å²) < 4.78 is 0. The van der Waals surface area contributed by atoms with Gasteiger partial charge in [-0.05, 0) is 17.9 Å². The van der Waals surface area contributed by atoms with Gasteiger partial charge in [-0.1, -0.05) is 55.4 Å². The van der Waals surface area contributed by atoms with E-state index in [0.29, 0.717) is 0 Å². The van der Waals surface area contributed by atoms with Gasteiger partial charge in [-0.25, -0.2) is 0 Å². The average molecular weight is 271 g/mol. The summed E-state index contributed by atoms with van der Waals surface area (Å²) in [7, 11) is 0. The summed E-state index contributed by atoms with van der Waals surface area (Å²) in [4.78, 5) is 0. The summed E-state index contributed by atoms with van der Waals surface area (Å²) in [6.45, 7) is 4.69. The second kappa shape index (κ2) is 5.82. The molecule has 20 heavy (non-hydrogen) atoms. The van der Waals surface area contributed by atoms with Gasteiger partial charge in [-0.2, -0.15) is 0 Å². The van der Waals surface area contributed by atoms with Gasteiger partial charge in [0, 0.05) is 23.0 Å². The first kappa shape index (κ1) is 14.2. The molecule has 0 aliphatic rings. The zero-order valence-corrected chi connectivity index (χ0v) is 11.9. The van der Waals surface area contributed by atoms with E-state index >= 15 is 0 Å². The normalized spacial score (nSPS) is 12.6. The van der Waals surface area contributed by atoms with Crippen LogP contribution < -0.4 is 11.1 Å². The number of anilines is 1. The third kappa shape index (κ3) is 3.02. The monoisotopic (exact) mass is 271 g/mol. The van der Waals surface area contributed by atoms with Crippen LogP contribution in [-0.4, -0.2) is 17.6 Å². The molecule has 0 saturated heterocycles. The van der Waals surface area contributed by atoms with Gasteiger partial charge in [0.2, 0.25) is 0 Å². The van der Waals surface area contributed by atoms with Crippen LogP contribution in [0, 0.1) is 5.41 Å². The lowest BCUT2D eigenvalue weighted by Crippen LogP contribution is -2.33. The van der Waals surface area contributed by atoms with Gasteiger partial charge < -0.3 is 16.3 Å². The lowest BCUT2D eigenvalue weighted by atomic mass is 9.88. The summed E-state index contributed by atoms with van der Waals surface area (Å²) in [5.74, 6) is 0.261. The molecule has 2 rings (SSSR count). The topological polar surface area (TPSA) is 70.6 Å². The number of nitrogens with two attached hydrogens (primary N) is 1. The Labute approximate surface area is 119 Å². The number of fused-ring (bicyclic) bond motifs is 1. The lowest BCUT2D eigenvalue weighted by Gasteiger charge is -2.23. The molecule has 0 spiro atoms. The Bertz CT molecular complexity index is 615. The van der Waals surface area contributed by atoms with E-state index in [2.05, 4.69) is 34.7 Å². The maximum absolute atomic E-state index is 8.77. The van der Waals surface area contributed by atoms with E-state index < -0.39 is 0 Å². The molecule has 4 heteroatoms. The van der Waals surface area contributed by atoms with E-state index in [1.165, 1.54) is 10.8 Å². The maximum atomic E-state index is 8.77. The fourth-order valence-electron chi connectivity index (χ4n) is 2.15. The number of hydrogen-bond acceptors (Lipinski definition) is 3. The van der Waals surface area contributed by atoms with Crippen molar-refractivity contribution >= 4 is 22.3 Å². The molecule has 0 aliphatic heterocycles. The van der Waals surface area contributed by atoms with E-state index in [9.17, 15) is 0 Å². The molecule has 0 aromatic heterocycles. The molecular formula is C16H21N3O. The summed E-state index contributed by atoms with van der Waals surface area (Å²) in [5.41, 5.74) is 6.48. The smallest absolute Gasteiger partial charge is 0.144 e.